The van der Waals surface area contributed by atoms with E-state index in [1.54, 1.807) is 18.2 Å². The third-order valence-electron chi connectivity index (χ3n) is 2.44. The standard InChI is InChI=1S/C12H15N3O3S/c1-2-13-11-4-3-6-14-12(11)19(16,17)15-8-10-5-7-18-9-10/h3-7,9,13,15H,2,8H2,1H3. The van der Waals surface area contributed by atoms with E-state index in [1.165, 1.54) is 18.7 Å². The Morgan fingerprint density at radius 3 is 2.89 bits per heavy atom. The molecule has 102 valence electrons. The van der Waals surface area contributed by atoms with Crippen molar-refractivity contribution in [1.29, 1.82) is 0 Å². The molecule has 0 aliphatic carbocycles. The van der Waals surface area contributed by atoms with Gasteiger partial charge in [-0.1, -0.05) is 0 Å². The van der Waals surface area contributed by atoms with Gasteiger partial charge >= 0.3 is 0 Å². The van der Waals surface area contributed by atoms with Crippen molar-refractivity contribution in [2.45, 2.75) is 18.5 Å². The second-order valence-electron chi connectivity index (χ2n) is 3.84. The van der Waals surface area contributed by atoms with Crippen LogP contribution < -0.4 is 10.0 Å². The molecule has 2 rings (SSSR count). The summed E-state index contributed by atoms with van der Waals surface area (Å²) in [6, 6.07) is 5.07. The van der Waals surface area contributed by atoms with E-state index in [4.69, 9.17) is 4.42 Å². The lowest BCUT2D eigenvalue weighted by molar-refractivity contribution is 0.560. The summed E-state index contributed by atoms with van der Waals surface area (Å²) in [4.78, 5) is 3.93. The van der Waals surface area contributed by atoms with Crippen LogP contribution in [0, 0.1) is 0 Å². The van der Waals surface area contributed by atoms with Gasteiger partial charge in [0.15, 0.2) is 5.03 Å². The Kier molecular flexibility index (Phi) is 4.18. The van der Waals surface area contributed by atoms with Gasteiger partial charge in [0.2, 0.25) is 0 Å². The molecule has 0 aliphatic heterocycles. The topological polar surface area (TPSA) is 84.2 Å². The maximum absolute atomic E-state index is 12.2. The van der Waals surface area contributed by atoms with Crippen molar-refractivity contribution in [2.24, 2.45) is 0 Å². The van der Waals surface area contributed by atoms with Crippen LogP contribution >= 0.6 is 0 Å². The average molecular weight is 281 g/mol. The van der Waals surface area contributed by atoms with Gasteiger partial charge in [0.05, 0.1) is 18.2 Å². The summed E-state index contributed by atoms with van der Waals surface area (Å²) in [6.45, 7) is 2.68. The molecule has 0 bridgehead atoms. The highest BCUT2D eigenvalue weighted by molar-refractivity contribution is 7.89. The molecule has 0 spiro atoms. The molecule has 7 heteroatoms. The minimum atomic E-state index is -3.65. The van der Waals surface area contributed by atoms with Crippen LogP contribution in [0.15, 0.2) is 46.4 Å². The first kappa shape index (κ1) is 13.6. The van der Waals surface area contributed by atoms with Crippen LogP contribution in [0.3, 0.4) is 0 Å². The largest absolute Gasteiger partial charge is 0.472 e. The van der Waals surface area contributed by atoms with Crippen molar-refractivity contribution >= 4 is 15.7 Å². The summed E-state index contributed by atoms with van der Waals surface area (Å²) in [6.07, 6.45) is 4.44. The predicted octanol–water partition coefficient (Wildman–Crippen LogP) is 1.58. The number of rotatable bonds is 6. The van der Waals surface area contributed by atoms with E-state index in [9.17, 15) is 8.42 Å². The molecule has 0 aromatic carbocycles. The van der Waals surface area contributed by atoms with Crippen LogP contribution in [0.2, 0.25) is 0 Å². The summed E-state index contributed by atoms with van der Waals surface area (Å²) < 4.78 is 31.7. The highest BCUT2D eigenvalue weighted by Gasteiger charge is 2.19. The van der Waals surface area contributed by atoms with E-state index in [0.717, 1.165) is 5.56 Å². The quantitative estimate of drug-likeness (QED) is 0.840. The molecule has 0 saturated heterocycles. The lowest BCUT2D eigenvalue weighted by Crippen LogP contribution is -2.25. The van der Waals surface area contributed by atoms with Crippen LogP contribution in [0.4, 0.5) is 5.69 Å². The van der Waals surface area contributed by atoms with Gasteiger partial charge in [-0.2, -0.15) is 0 Å². The van der Waals surface area contributed by atoms with E-state index in [-0.39, 0.29) is 11.6 Å². The fourth-order valence-electron chi connectivity index (χ4n) is 1.57. The molecule has 6 nitrogen and oxygen atoms in total. The molecule has 0 unspecified atom stereocenters. The van der Waals surface area contributed by atoms with Crippen molar-refractivity contribution in [3.05, 3.63) is 42.5 Å². The van der Waals surface area contributed by atoms with Crippen LogP contribution in [0.1, 0.15) is 12.5 Å². The maximum atomic E-state index is 12.2. The molecule has 0 fully saturated rings. The third kappa shape index (κ3) is 3.33. The average Bonchev–Trinajstić information content (AvgIpc) is 2.91. The minimum absolute atomic E-state index is 0.000319. The van der Waals surface area contributed by atoms with Crippen molar-refractivity contribution < 1.29 is 12.8 Å². The summed E-state index contributed by atoms with van der Waals surface area (Å²) in [5.74, 6) is 0. The molecule has 2 aromatic rings. The third-order valence-corrected chi connectivity index (χ3v) is 3.80. The number of sulfonamides is 1. The molecular formula is C12H15N3O3S. The number of hydrogen-bond acceptors (Lipinski definition) is 5. The van der Waals surface area contributed by atoms with Crippen molar-refractivity contribution in [2.75, 3.05) is 11.9 Å². The monoisotopic (exact) mass is 281 g/mol. The molecule has 2 N–H and O–H groups in total. The van der Waals surface area contributed by atoms with Crippen LogP contribution in [-0.4, -0.2) is 19.9 Å². The number of furan rings is 1. The Bertz CT molecular complexity index is 623. The van der Waals surface area contributed by atoms with E-state index < -0.39 is 10.0 Å². The van der Waals surface area contributed by atoms with Gasteiger partial charge in [-0.25, -0.2) is 18.1 Å². The van der Waals surface area contributed by atoms with Crippen molar-refractivity contribution in [1.82, 2.24) is 9.71 Å². The normalized spacial score (nSPS) is 11.4. The first-order valence-corrected chi connectivity index (χ1v) is 7.31. The second-order valence-corrected chi connectivity index (χ2v) is 5.52. The molecule has 0 aliphatic rings. The lowest BCUT2D eigenvalue weighted by Gasteiger charge is -2.10. The molecule has 0 amide bonds. The number of pyridine rings is 1. The van der Waals surface area contributed by atoms with E-state index in [2.05, 4.69) is 15.0 Å². The molecule has 2 heterocycles. The highest BCUT2D eigenvalue weighted by Crippen LogP contribution is 2.17. The van der Waals surface area contributed by atoms with Crippen LogP contribution in [-0.2, 0) is 16.6 Å². The summed E-state index contributed by atoms with van der Waals surface area (Å²) in [5.41, 5.74) is 1.24. The number of nitrogens with zero attached hydrogens (tertiary/aromatic N) is 1. The molecular weight excluding hydrogens is 266 g/mol. The first-order valence-electron chi connectivity index (χ1n) is 5.83. The summed E-state index contributed by atoms with van der Waals surface area (Å²) in [5, 5.41) is 2.98. The van der Waals surface area contributed by atoms with Crippen molar-refractivity contribution in [3.63, 3.8) is 0 Å². The highest BCUT2D eigenvalue weighted by atomic mass is 32.2. The van der Waals surface area contributed by atoms with Gasteiger partial charge in [0.1, 0.15) is 0 Å². The zero-order chi connectivity index (χ0) is 13.7. The smallest absolute Gasteiger partial charge is 0.260 e. The second kappa shape index (κ2) is 5.85. The lowest BCUT2D eigenvalue weighted by atomic mass is 10.4. The van der Waals surface area contributed by atoms with E-state index in [0.29, 0.717) is 12.2 Å². The molecule has 0 atom stereocenters. The van der Waals surface area contributed by atoms with Crippen LogP contribution in [0.25, 0.3) is 0 Å². The molecule has 0 saturated carbocycles. The minimum Gasteiger partial charge on any atom is -0.472 e. The fourth-order valence-corrected chi connectivity index (χ4v) is 2.69. The maximum Gasteiger partial charge on any atom is 0.260 e. The fraction of sp³-hybridized carbons (Fsp3) is 0.250. The zero-order valence-electron chi connectivity index (χ0n) is 10.5. The number of aromatic nitrogens is 1. The Balaban J connectivity index is 2.19. The molecule has 0 radical (unpaired) electrons. The Labute approximate surface area is 111 Å². The SMILES string of the molecule is CCNc1cccnc1S(=O)(=O)NCc1ccoc1. The number of hydrogen-bond donors (Lipinski definition) is 2. The van der Waals surface area contributed by atoms with Crippen LogP contribution in [0.5, 0.6) is 0 Å². The molecule has 19 heavy (non-hydrogen) atoms. The van der Waals surface area contributed by atoms with Gasteiger partial charge < -0.3 is 9.73 Å². The Hall–Kier alpha value is -1.86. The first-order chi connectivity index (χ1) is 9.13. The summed E-state index contributed by atoms with van der Waals surface area (Å²) in [7, 11) is -3.65. The van der Waals surface area contributed by atoms with E-state index >= 15 is 0 Å². The van der Waals surface area contributed by atoms with Gasteiger partial charge in [0.25, 0.3) is 10.0 Å². The Morgan fingerprint density at radius 2 is 2.21 bits per heavy atom. The van der Waals surface area contributed by atoms with Gasteiger partial charge in [-0.15, -0.1) is 0 Å². The number of anilines is 1. The summed E-state index contributed by atoms with van der Waals surface area (Å²) >= 11 is 0. The van der Waals surface area contributed by atoms with Gasteiger partial charge in [0, 0.05) is 24.8 Å². The van der Waals surface area contributed by atoms with Gasteiger partial charge in [-0.05, 0) is 25.1 Å². The zero-order valence-corrected chi connectivity index (χ0v) is 11.3. The van der Waals surface area contributed by atoms with Gasteiger partial charge in [-0.3, -0.25) is 0 Å². The van der Waals surface area contributed by atoms with Crippen molar-refractivity contribution in [3.8, 4) is 0 Å². The molecule has 2 aromatic heterocycles. The predicted molar refractivity (Wildman–Crippen MR) is 71.1 cm³/mol. The number of nitrogens with one attached hydrogen (secondary N) is 2. The van der Waals surface area contributed by atoms with E-state index in [1.807, 2.05) is 6.92 Å². The Morgan fingerprint density at radius 1 is 1.37 bits per heavy atom.